The summed E-state index contributed by atoms with van der Waals surface area (Å²) in [6.07, 6.45) is 3.40. The lowest BCUT2D eigenvalue weighted by atomic mass is 10.0. The summed E-state index contributed by atoms with van der Waals surface area (Å²) in [5.41, 5.74) is 9.91. The summed E-state index contributed by atoms with van der Waals surface area (Å²) >= 11 is 0. The van der Waals surface area contributed by atoms with Gasteiger partial charge in [0.15, 0.2) is 0 Å². The molecule has 4 rings (SSSR count). The van der Waals surface area contributed by atoms with Gasteiger partial charge in [-0.15, -0.1) is 0 Å². The second-order valence-corrected chi connectivity index (χ2v) is 6.15. The van der Waals surface area contributed by atoms with Crippen molar-refractivity contribution in [3.63, 3.8) is 0 Å². The smallest absolute Gasteiger partial charge is 0.137 e. The Hall–Kier alpha value is -2.51. The Morgan fingerprint density at radius 3 is 2.84 bits per heavy atom. The van der Waals surface area contributed by atoms with Crippen LogP contribution in [0.25, 0.3) is 16.8 Å². The molecule has 1 aromatic carbocycles. The molecule has 2 aromatic heterocycles. The molecule has 1 fully saturated rings. The minimum absolute atomic E-state index is 0.280. The highest BCUT2D eigenvalue weighted by molar-refractivity contribution is 5.80. The van der Waals surface area contributed by atoms with Crippen molar-refractivity contribution in [2.24, 2.45) is 5.73 Å². The number of benzene rings is 1. The number of rotatable bonds is 3. The van der Waals surface area contributed by atoms with Crippen molar-refractivity contribution in [3.05, 3.63) is 47.7 Å². The summed E-state index contributed by atoms with van der Waals surface area (Å²) in [5.74, 6) is -0.280. The number of anilines is 1. The number of hydrogen-bond acceptors (Lipinski definition) is 5. The summed E-state index contributed by atoms with van der Waals surface area (Å²) in [7, 11) is 0. The Labute approximate surface area is 145 Å². The minimum atomic E-state index is -0.280. The van der Waals surface area contributed by atoms with E-state index in [4.69, 9.17) is 10.5 Å². The third kappa shape index (κ3) is 2.75. The second kappa shape index (κ2) is 6.42. The predicted octanol–water partition coefficient (Wildman–Crippen LogP) is 2.14. The molecule has 0 radical (unpaired) electrons. The first-order valence-electron chi connectivity index (χ1n) is 8.33. The van der Waals surface area contributed by atoms with Crippen molar-refractivity contribution in [2.75, 3.05) is 31.2 Å². The van der Waals surface area contributed by atoms with E-state index in [9.17, 15) is 4.39 Å². The maximum absolute atomic E-state index is 14.9. The number of ether oxygens (including phenoxy) is 1. The fourth-order valence-corrected chi connectivity index (χ4v) is 3.25. The number of nitrogens with zero attached hydrogens (tertiary/aromatic N) is 4. The van der Waals surface area contributed by atoms with Gasteiger partial charge >= 0.3 is 0 Å². The first-order chi connectivity index (χ1) is 12.2. The van der Waals surface area contributed by atoms with Crippen LogP contribution >= 0.6 is 0 Å². The summed E-state index contributed by atoms with van der Waals surface area (Å²) in [6.45, 7) is 5.14. The molecule has 25 heavy (non-hydrogen) atoms. The normalized spacial score (nSPS) is 15.1. The van der Waals surface area contributed by atoms with Crippen LogP contribution in [0.4, 0.5) is 10.1 Å². The van der Waals surface area contributed by atoms with Gasteiger partial charge in [-0.05, 0) is 30.2 Å². The Morgan fingerprint density at radius 2 is 2.08 bits per heavy atom. The summed E-state index contributed by atoms with van der Waals surface area (Å²) < 4.78 is 22.0. The summed E-state index contributed by atoms with van der Waals surface area (Å²) in [5, 5.41) is 4.27. The lowest BCUT2D eigenvalue weighted by molar-refractivity contribution is 0.122. The van der Waals surface area contributed by atoms with Crippen molar-refractivity contribution < 1.29 is 9.13 Å². The zero-order chi connectivity index (χ0) is 17.4. The molecule has 3 aromatic rings. The van der Waals surface area contributed by atoms with E-state index in [1.54, 1.807) is 17.5 Å². The number of nitrogens with two attached hydrogens (primary N) is 1. The lowest BCUT2D eigenvalue weighted by Crippen LogP contribution is -2.35. The average molecular weight is 341 g/mol. The van der Waals surface area contributed by atoms with Crippen LogP contribution in [-0.2, 0) is 11.3 Å². The van der Waals surface area contributed by atoms with Crippen LogP contribution in [-0.4, -0.2) is 40.9 Å². The molecule has 2 N–H and O–H groups in total. The molecule has 1 saturated heterocycles. The van der Waals surface area contributed by atoms with E-state index in [2.05, 4.69) is 15.0 Å². The van der Waals surface area contributed by atoms with E-state index in [-0.39, 0.29) is 5.82 Å². The van der Waals surface area contributed by atoms with Crippen LogP contribution in [0.3, 0.4) is 0 Å². The first kappa shape index (κ1) is 16.0. The van der Waals surface area contributed by atoms with Crippen LogP contribution in [0.1, 0.15) is 11.1 Å². The molecule has 0 bridgehead atoms. The van der Waals surface area contributed by atoms with Gasteiger partial charge in [0.05, 0.1) is 30.6 Å². The molecule has 0 unspecified atom stereocenters. The summed E-state index contributed by atoms with van der Waals surface area (Å²) in [4.78, 5) is 6.58. The molecule has 6 nitrogen and oxygen atoms in total. The Morgan fingerprint density at radius 1 is 1.28 bits per heavy atom. The first-order valence-corrected chi connectivity index (χ1v) is 8.33. The van der Waals surface area contributed by atoms with Gasteiger partial charge in [0.25, 0.3) is 0 Å². The van der Waals surface area contributed by atoms with Gasteiger partial charge < -0.3 is 15.4 Å². The Kier molecular flexibility index (Phi) is 4.10. The molecule has 7 heteroatoms. The Bertz CT molecular complexity index is 917. The third-order valence-corrected chi connectivity index (χ3v) is 4.74. The monoisotopic (exact) mass is 341 g/mol. The van der Waals surface area contributed by atoms with Gasteiger partial charge in [-0.1, -0.05) is 6.07 Å². The minimum Gasteiger partial charge on any atom is -0.378 e. The lowest BCUT2D eigenvalue weighted by Gasteiger charge is -2.27. The molecular formula is C18H20FN5O. The van der Waals surface area contributed by atoms with Gasteiger partial charge in [-0.2, -0.15) is 5.10 Å². The van der Waals surface area contributed by atoms with Crippen molar-refractivity contribution in [2.45, 2.75) is 13.5 Å². The molecule has 130 valence electrons. The van der Waals surface area contributed by atoms with Gasteiger partial charge in [-0.25, -0.2) is 13.9 Å². The standard InChI is InChI=1S/C18H20FN5O/c1-12-13(9-20)2-3-15(17(12)19)18-16-8-14(10-24(16)22-11-21-18)23-4-6-25-7-5-23/h2-3,8,10-11H,4-7,9,20H2,1H3. The van der Waals surface area contributed by atoms with Crippen LogP contribution in [0.2, 0.25) is 0 Å². The van der Waals surface area contributed by atoms with Crippen molar-refractivity contribution in [1.29, 1.82) is 0 Å². The summed E-state index contributed by atoms with van der Waals surface area (Å²) in [6, 6.07) is 5.61. The molecule has 1 aliphatic rings. The molecule has 0 spiro atoms. The second-order valence-electron chi connectivity index (χ2n) is 6.15. The van der Waals surface area contributed by atoms with E-state index >= 15 is 0 Å². The zero-order valence-electron chi connectivity index (χ0n) is 14.1. The molecule has 3 heterocycles. The Balaban J connectivity index is 1.83. The number of fused-ring (bicyclic) bond motifs is 1. The SMILES string of the molecule is Cc1c(CN)ccc(-c2ncnn3cc(N4CCOCC4)cc23)c1F. The molecule has 1 aliphatic heterocycles. The van der Waals surface area contributed by atoms with Crippen molar-refractivity contribution in [1.82, 2.24) is 14.6 Å². The third-order valence-electron chi connectivity index (χ3n) is 4.74. The van der Waals surface area contributed by atoms with Crippen LogP contribution < -0.4 is 10.6 Å². The van der Waals surface area contributed by atoms with Crippen molar-refractivity contribution in [3.8, 4) is 11.3 Å². The highest BCUT2D eigenvalue weighted by atomic mass is 19.1. The maximum Gasteiger partial charge on any atom is 0.137 e. The average Bonchev–Trinajstić information content (AvgIpc) is 3.09. The van der Waals surface area contributed by atoms with Gasteiger partial charge in [-0.3, -0.25) is 0 Å². The molecule has 0 saturated carbocycles. The molecule has 0 amide bonds. The zero-order valence-corrected chi connectivity index (χ0v) is 14.1. The number of halogens is 1. The fourth-order valence-electron chi connectivity index (χ4n) is 3.25. The largest absolute Gasteiger partial charge is 0.378 e. The van der Waals surface area contributed by atoms with E-state index < -0.39 is 0 Å². The number of hydrogen-bond donors (Lipinski definition) is 1. The van der Waals surface area contributed by atoms with Gasteiger partial charge in [0, 0.05) is 25.2 Å². The van der Waals surface area contributed by atoms with E-state index in [0.29, 0.717) is 36.6 Å². The quantitative estimate of drug-likeness (QED) is 0.790. The number of aromatic nitrogens is 3. The highest BCUT2D eigenvalue weighted by Crippen LogP contribution is 2.30. The number of morpholine rings is 1. The maximum atomic E-state index is 14.9. The van der Waals surface area contributed by atoms with Crippen LogP contribution in [0.15, 0.2) is 30.7 Å². The fraction of sp³-hybridized carbons (Fsp3) is 0.333. The van der Waals surface area contributed by atoms with E-state index in [0.717, 1.165) is 29.9 Å². The van der Waals surface area contributed by atoms with E-state index in [1.807, 2.05) is 18.3 Å². The van der Waals surface area contributed by atoms with Crippen LogP contribution in [0, 0.1) is 12.7 Å². The van der Waals surface area contributed by atoms with Crippen molar-refractivity contribution >= 4 is 11.2 Å². The van der Waals surface area contributed by atoms with Gasteiger partial charge in [0.2, 0.25) is 0 Å². The highest BCUT2D eigenvalue weighted by Gasteiger charge is 2.18. The van der Waals surface area contributed by atoms with E-state index in [1.165, 1.54) is 6.33 Å². The molecular weight excluding hydrogens is 321 g/mol. The topological polar surface area (TPSA) is 68.7 Å². The van der Waals surface area contributed by atoms with Gasteiger partial charge in [0.1, 0.15) is 17.8 Å². The molecule has 0 aliphatic carbocycles. The predicted molar refractivity (Wildman–Crippen MR) is 94.0 cm³/mol. The van der Waals surface area contributed by atoms with Crippen LogP contribution in [0.5, 0.6) is 0 Å². The molecule has 0 atom stereocenters.